The van der Waals surface area contributed by atoms with Gasteiger partial charge in [0.15, 0.2) is 0 Å². The summed E-state index contributed by atoms with van der Waals surface area (Å²) in [5, 5.41) is 0.570. The molecule has 0 aliphatic carbocycles. The van der Waals surface area contributed by atoms with Crippen molar-refractivity contribution in [3.63, 3.8) is 0 Å². The number of nitrogens with zero attached hydrogens (tertiary/aromatic N) is 1. The average Bonchev–Trinajstić information content (AvgIpc) is 2.45. The van der Waals surface area contributed by atoms with Crippen LogP contribution in [-0.2, 0) is 18.5 Å². The smallest absolute Gasteiger partial charge is 0.326 e. The van der Waals surface area contributed by atoms with Crippen LogP contribution in [0.15, 0.2) is 47.6 Å². The van der Waals surface area contributed by atoms with Crippen LogP contribution in [0.5, 0.6) is 0 Å². The number of benzene rings is 1. The van der Waals surface area contributed by atoms with Crippen LogP contribution in [-0.4, -0.2) is 4.98 Å². The third-order valence-corrected chi connectivity index (χ3v) is 3.72. The molecule has 2 nitrogen and oxygen atoms in total. The minimum Gasteiger partial charge on any atom is -0.326 e. The van der Waals surface area contributed by atoms with Crippen LogP contribution in [0.2, 0.25) is 0 Å². The van der Waals surface area contributed by atoms with Gasteiger partial charge in [0.25, 0.3) is 0 Å². The molecule has 0 radical (unpaired) electrons. The summed E-state index contributed by atoms with van der Waals surface area (Å²) >= 11 is 1.40. The third-order valence-electron chi connectivity index (χ3n) is 2.71. The summed E-state index contributed by atoms with van der Waals surface area (Å²) in [4.78, 5) is 3.82. The van der Waals surface area contributed by atoms with E-state index in [4.69, 9.17) is 5.73 Å². The molecule has 106 valence electrons. The van der Waals surface area contributed by atoms with E-state index >= 15 is 0 Å². The number of rotatable bonds is 4. The van der Waals surface area contributed by atoms with E-state index in [0.29, 0.717) is 17.3 Å². The Morgan fingerprint density at radius 3 is 2.15 bits per heavy atom. The summed E-state index contributed by atoms with van der Waals surface area (Å²) < 4.78 is 37.2. The molecule has 0 bridgehead atoms. The van der Waals surface area contributed by atoms with E-state index in [0.717, 1.165) is 23.4 Å². The highest BCUT2D eigenvalue weighted by Gasteiger charge is 2.30. The lowest BCUT2D eigenvalue weighted by molar-refractivity contribution is -0.137. The summed E-state index contributed by atoms with van der Waals surface area (Å²) in [6.45, 7) is 0.494. The van der Waals surface area contributed by atoms with Crippen molar-refractivity contribution < 1.29 is 13.2 Å². The second-order valence-electron chi connectivity index (χ2n) is 4.19. The van der Waals surface area contributed by atoms with E-state index in [-0.39, 0.29) is 0 Å². The highest BCUT2D eigenvalue weighted by atomic mass is 32.2. The Kier molecular flexibility index (Phi) is 4.67. The molecule has 2 aromatic rings. The molecule has 0 saturated heterocycles. The van der Waals surface area contributed by atoms with Crippen molar-refractivity contribution in [2.45, 2.75) is 23.5 Å². The molecule has 1 heterocycles. The zero-order valence-electron chi connectivity index (χ0n) is 10.5. The molecule has 0 unspecified atom stereocenters. The standard InChI is InChI=1S/C14H13F3N2S/c15-14(16,17)12-5-6-13(19-8-12)20-9-11-3-1-10(7-18)2-4-11/h1-6,8H,7,9,18H2. The van der Waals surface area contributed by atoms with Gasteiger partial charge >= 0.3 is 6.18 Å². The second-order valence-corrected chi connectivity index (χ2v) is 5.19. The van der Waals surface area contributed by atoms with Gasteiger partial charge < -0.3 is 5.73 Å². The van der Waals surface area contributed by atoms with E-state index < -0.39 is 11.7 Å². The maximum atomic E-state index is 12.4. The van der Waals surface area contributed by atoms with Crippen molar-refractivity contribution in [3.8, 4) is 0 Å². The van der Waals surface area contributed by atoms with Gasteiger partial charge in [0, 0.05) is 18.5 Å². The minimum atomic E-state index is -4.34. The Hall–Kier alpha value is -1.53. The first kappa shape index (κ1) is 14.9. The van der Waals surface area contributed by atoms with Gasteiger partial charge in [-0.05, 0) is 23.3 Å². The van der Waals surface area contributed by atoms with Crippen molar-refractivity contribution in [3.05, 3.63) is 59.3 Å². The summed E-state index contributed by atoms with van der Waals surface area (Å²) in [5.41, 5.74) is 6.90. The first-order chi connectivity index (χ1) is 9.49. The molecular formula is C14H13F3N2S. The maximum Gasteiger partial charge on any atom is 0.417 e. The molecule has 0 aliphatic rings. The van der Waals surface area contributed by atoms with Crippen LogP contribution < -0.4 is 5.73 Å². The number of alkyl halides is 3. The Labute approximate surface area is 119 Å². The van der Waals surface area contributed by atoms with Crippen molar-refractivity contribution >= 4 is 11.8 Å². The van der Waals surface area contributed by atoms with Gasteiger partial charge in [-0.3, -0.25) is 0 Å². The van der Waals surface area contributed by atoms with Crippen LogP contribution in [0, 0.1) is 0 Å². The largest absolute Gasteiger partial charge is 0.417 e. The van der Waals surface area contributed by atoms with Crippen molar-refractivity contribution in [2.24, 2.45) is 5.73 Å². The van der Waals surface area contributed by atoms with Crippen LogP contribution in [0.4, 0.5) is 13.2 Å². The van der Waals surface area contributed by atoms with Gasteiger partial charge in [0.2, 0.25) is 0 Å². The van der Waals surface area contributed by atoms with Gasteiger partial charge in [-0.25, -0.2) is 4.98 Å². The Morgan fingerprint density at radius 2 is 1.65 bits per heavy atom. The number of nitrogens with two attached hydrogens (primary N) is 1. The first-order valence-electron chi connectivity index (χ1n) is 5.93. The summed E-state index contributed by atoms with van der Waals surface area (Å²) in [6, 6.07) is 10.2. The lowest BCUT2D eigenvalue weighted by atomic mass is 10.1. The number of hydrogen-bond donors (Lipinski definition) is 1. The molecule has 1 aromatic carbocycles. The highest BCUT2D eigenvalue weighted by Crippen LogP contribution is 2.30. The molecule has 0 saturated carbocycles. The van der Waals surface area contributed by atoms with Crippen LogP contribution in [0.1, 0.15) is 16.7 Å². The fourth-order valence-electron chi connectivity index (χ4n) is 1.56. The fourth-order valence-corrected chi connectivity index (χ4v) is 2.36. The lowest BCUT2D eigenvalue weighted by Crippen LogP contribution is -2.05. The Bertz CT molecular complexity index is 550. The van der Waals surface area contributed by atoms with E-state index in [1.165, 1.54) is 17.8 Å². The van der Waals surface area contributed by atoms with Gasteiger partial charge in [-0.1, -0.05) is 24.3 Å². The minimum absolute atomic E-state index is 0.494. The normalized spacial score (nSPS) is 11.6. The molecule has 0 amide bonds. The maximum absolute atomic E-state index is 12.4. The molecule has 2 rings (SSSR count). The Balaban J connectivity index is 1.96. The van der Waals surface area contributed by atoms with Gasteiger partial charge in [0.05, 0.1) is 10.6 Å². The molecule has 1 aromatic heterocycles. The molecule has 0 fully saturated rings. The predicted octanol–water partition coefficient (Wildman–Crippen LogP) is 3.85. The van der Waals surface area contributed by atoms with E-state index in [1.54, 1.807) is 0 Å². The topological polar surface area (TPSA) is 38.9 Å². The number of aromatic nitrogens is 1. The third kappa shape index (κ3) is 3.98. The fraction of sp³-hybridized carbons (Fsp3) is 0.214. The second kappa shape index (κ2) is 6.28. The zero-order chi connectivity index (χ0) is 14.6. The monoisotopic (exact) mass is 298 g/mol. The SMILES string of the molecule is NCc1ccc(CSc2ccc(C(F)(F)F)cn2)cc1. The summed E-state index contributed by atoms with van der Waals surface area (Å²) in [7, 11) is 0. The van der Waals surface area contributed by atoms with E-state index in [1.807, 2.05) is 24.3 Å². The van der Waals surface area contributed by atoms with E-state index in [9.17, 15) is 13.2 Å². The quantitative estimate of drug-likeness (QED) is 0.871. The molecule has 0 atom stereocenters. The van der Waals surface area contributed by atoms with Crippen LogP contribution in [0.3, 0.4) is 0 Å². The lowest BCUT2D eigenvalue weighted by Gasteiger charge is -2.07. The van der Waals surface area contributed by atoms with Crippen LogP contribution in [0.25, 0.3) is 0 Å². The number of hydrogen-bond acceptors (Lipinski definition) is 3. The molecule has 6 heteroatoms. The number of pyridine rings is 1. The molecular weight excluding hydrogens is 285 g/mol. The zero-order valence-corrected chi connectivity index (χ0v) is 11.3. The van der Waals surface area contributed by atoms with Crippen LogP contribution >= 0.6 is 11.8 Å². The van der Waals surface area contributed by atoms with Crippen molar-refractivity contribution in [1.29, 1.82) is 0 Å². The van der Waals surface area contributed by atoms with Gasteiger partial charge in [-0.15, -0.1) is 11.8 Å². The van der Waals surface area contributed by atoms with Crippen molar-refractivity contribution in [1.82, 2.24) is 4.98 Å². The summed E-state index contributed by atoms with van der Waals surface area (Å²) in [6.07, 6.45) is -3.48. The van der Waals surface area contributed by atoms with Crippen molar-refractivity contribution in [2.75, 3.05) is 0 Å². The molecule has 2 N–H and O–H groups in total. The van der Waals surface area contributed by atoms with E-state index in [2.05, 4.69) is 4.98 Å². The average molecular weight is 298 g/mol. The van der Waals surface area contributed by atoms with Gasteiger partial charge in [0.1, 0.15) is 0 Å². The predicted molar refractivity (Wildman–Crippen MR) is 73.1 cm³/mol. The van der Waals surface area contributed by atoms with Gasteiger partial charge in [-0.2, -0.15) is 13.2 Å². The molecule has 0 spiro atoms. The molecule has 20 heavy (non-hydrogen) atoms. The number of halogens is 3. The number of thioether (sulfide) groups is 1. The first-order valence-corrected chi connectivity index (χ1v) is 6.91. The summed E-state index contributed by atoms with van der Waals surface area (Å²) in [5.74, 6) is 0.656. The Morgan fingerprint density at radius 1 is 1.00 bits per heavy atom. The molecule has 0 aliphatic heterocycles. The highest BCUT2D eigenvalue weighted by molar-refractivity contribution is 7.98.